The van der Waals surface area contributed by atoms with E-state index in [2.05, 4.69) is 27.9 Å². The van der Waals surface area contributed by atoms with Crippen molar-refractivity contribution in [3.05, 3.63) is 62.7 Å². The van der Waals surface area contributed by atoms with Gasteiger partial charge in [-0.25, -0.2) is 4.79 Å². The molecule has 0 saturated carbocycles. The van der Waals surface area contributed by atoms with Crippen molar-refractivity contribution in [3.63, 3.8) is 0 Å². The van der Waals surface area contributed by atoms with E-state index in [1.54, 1.807) is 4.90 Å². The van der Waals surface area contributed by atoms with E-state index in [9.17, 15) is 14.4 Å². The zero-order valence-corrected chi connectivity index (χ0v) is 20.1. The van der Waals surface area contributed by atoms with Crippen LogP contribution < -0.4 is 10.2 Å². The van der Waals surface area contributed by atoms with E-state index in [0.29, 0.717) is 32.6 Å². The van der Waals surface area contributed by atoms with Crippen LogP contribution in [-0.4, -0.2) is 55.1 Å². The zero-order chi connectivity index (χ0) is 22.7. The summed E-state index contributed by atoms with van der Waals surface area (Å²) in [4.78, 5) is 39.9. The monoisotopic (exact) mass is 547 g/mol. The molecule has 1 fully saturated rings. The lowest BCUT2D eigenvalue weighted by Crippen LogP contribution is -2.34. The van der Waals surface area contributed by atoms with E-state index >= 15 is 0 Å². The SMILES string of the molecule is CC(=O)NC[C@H]1CN(c2ccc3c(c2)CCN(C(=O)Cc2ccc(I)cc2)CC3)C(=O)O1. The first-order chi connectivity index (χ1) is 15.4. The molecule has 168 valence electrons. The van der Waals surface area contributed by atoms with Gasteiger partial charge in [-0.15, -0.1) is 0 Å². The molecule has 0 unspecified atom stereocenters. The Bertz CT molecular complexity index is 1020. The summed E-state index contributed by atoms with van der Waals surface area (Å²) in [6.07, 6.45) is 1.19. The summed E-state index contributed by atoms with van der Waals surface area (Å²) in [6, 6.07) is 14.1. The molecule has 0 radical (unpaired) electrons. The van der Waals surface area contributed by atoms with Gasteiger partial charge in [-0.2, -0.15) is 0 Å². The molecule has 2 heterocycles. The Morgan fingerprint density at radius 1 is 1.09 bits per heavy atom. The average molecular weight is 547 g/mol. The molecule has 0 aromatic heterocycles. The first-order valence-electron chi connectivity index (χ1n) is 10.8. The second-order valence-electron chi connectivity index (χ2n) is 8.19. The molecule has 2 aromatic rings. The molecule has 1 saturated heterocycles. The highest BCUT2D eigenvalue weighted by Crippen LogP contribution is 2.26. The standard InChI is InChI=1S/C24H26IN3O4/c1-16(29)26-14-22-15-28(24(31)32-22)21-7-4-18-8-10-27(11-9-19(18)13-21)23(30)12-17-2-5-20(25)6-3-17/h2-7,13,22H,8-12,14-15H2,1H3,(H,26,29)/t22-/m0/s1. The lowest BCUT2D eigenvalue weighted by Gasteiger charge is -2.20. The molecule has 4 rings (SSSR count). The number of hydrogen-bond acceptors (Lipinski definition) is 4. The highest BCUT2D eigenvalue weighted by Gasteiger charge is 2.32. The van der Waals surface area contributed by atoms with E-state index in [0.717, 1.165) is 33.2 Å². The van der Waals surface area contributed by atoms with Crippen molar-refractivity contribution in [1.29, 1.82) is 0 Å². The number of fused-ring (bicyclic) bond motifs is 1. The van der Waals surface area contributed by atoms with Gasteiger partial charge in [-0.1, -0.05) is 18.2 Å². The Hall–Kier alpha value is -2.62. The predicted octanol–water partition coefficient (Wildman–Crippen LogP) is 2.92. The van der Waals surface area contributed by atoms with Crippen molar-refractivity contribution in [2.75, 3.05) is 31.1 Å². The molecule has 7 nitrogen and oxygen atoms in total. The van der Waals surface area contributed by atoms with Crippen molar-refractivity contribution in [2.24, 2.45) is 0 Å². The molecule has 0 bridgehead atoms. The van der Waals surface area contributed by atoms with E-state index in [-0.39, 0.29) is 17.9 Å². The number of benzene rings is 2. The van der Waals surface area contributed by atoms with Crippen molar-refractivity contribution < 1.29 is 19.1 Å². The van der Waals surface area contributed by atoms with Gasteiger partial charge in [0.15, 0.2) is 0 Å². The number of carbonyl (C=O) groups excluding carboxylic acids is 3. The quantitative estimate of drug-likeness (QED) is 0.585. The summed E-state index contributed by atoms with van der Waals surface area (Å²) >= 11 is 2.26. The third-order valence-electron chi connectivity index (χ3n) is 5.88. The summed E-state index contributed by atoms with van der Waals surface area (Å²) in [5.41, 5.74) is 4.18. The van der Waals surface area contributed by atoms with Gasteiger partial charge < -0.3 is 15.0 Å². The zero-order valence-electron chi connectivity index (χ0n) is 18.0. The average Bonchev–Trinajstić information content (AvgIpc) is 3.01. The molecule has 32 heavy (non-hydrogen) atoms. The fourth-order valence-electron chi connectivity index (χ4n) is 4.11. The maximum Gasteiger partial charge on any atom is 0.414 e. The van der Waals surface area contributed by atoms with Crippen LogP contribution in [0.2, 0.25) is 0 Å². The predicted molar refractivity (Wildman–Crippen MR) is 130 cm³/mol. The first kappa shape index (κ1) is 22.6. The van der Waals surface area contributed by atoms with Gasteiger partial charge in [0.2, 0.25) is 11.8 Å². The molecule has 0 aliphatic carbocycles. The van der Waals surface area contributed by atoms with Gasteiger partial charge in [0, 0.05) is 29.3 Å². The van der Waals surface area contributed by atoms with Crippen molar-refractivity contribution in [3.8, 4) is 0 Å². The number of nitrogens with one attached hydrogen (secondary N) is 1. The van der Waals surface area contributed by atoms with Crippen LogP contribution in [0.4, 0.5) is 10.5 Å². The van der Waals surface area contributed by atoms with Gasteiger partial charge in [0.25, 0.3) is 0 Å². The lowest BCUT2D eigenvalue weighted by molar-refractivity contribution is -0.130. The molecule has 3 amide bonds. The number of cyclic esters (lactones) is 1. The van der Waals surface area contributed by atoms with E-state index in [4.69, 9.17) is 4.74 Å². The number of nitrogens with zero attached hydrogens (tertiary/aromatic N) is 2. The normalized spacial score (nSPS) is 18.1. The van der Waals surface area contributed by atoms with Crippen LogP contribution in [0.1, 0.15) is 23.6 Å². The van der Waals surface area contributed by atoms with Crippen molar-refractivity contribution in [1.82, 2.24) is 10.2 Å². The number of halogens is 1. The highest BCUT2D eigenvalue weighted by atomic mass is 127. The largest absolute Gasteiger partial charge is 0.442 e. The summed E-state index contributed by atoms with van der Waals surface area (Å²) in [5.74, 6) is -0.00572. The Morgan fingerprint density at radius 2 is 1.81 bits per heavy atom. The summed E-state index contributed by atoms with van der Waals surface area (Å²) in [5, 5.41) is 2.69. The van der Waals surface area contributed by atoms with E-state index in [1.807, 2.05) is 47.4 Å². The Balaban J connectivity index is 1.39. The van der Waals surface area contributed by atoms with E-state index < -0.39 is 6.09 Å². The maximum atomic E-state index is 12.8. The Kier molecular flexibility index (Phi) is 6.98. The minimum Gasteiger partial charge on any atom is -0.442 e. The third-order valence-corrected chi connectivity index (χ3v) is 6.60. The lowest BCUT2D eigenvalue weighted by atomic mass is 10.0. The van der Waals surface area contributed by atoms with Crippen LogP contribution in [0.5, 0.6) is 0 Å². The minimum atomic E-state index is -0.400. The number of anilines is 1. The Labute approximate surface area is 201 Å². The topological polar surface area (TPSA) is 79.0 Å². The van der Waals surface area contributed by atoms with Crippen molar-refractivity contribution in [2.45, 2.75) is 32.3 Å². The molecular weight excluding hydrogens is 521 g/mol. The van der Waals surface area contributed by atoms with Crippen LogP contribution in [0.25, 0.3) is 0 Å². The minimum absolute atomic E-state index is 0.142. The van der Waals surface area contributed by atoms with Gasteiger partial charge >= 0.3 is 6.09 Å². The molecule has 1 N–H and O–H groups in total. The molecule has 1 atom stereocenters. The smallest absolute Gasteiger partial charge is 0.414 e. The number of ether oxygens (including phenoxy) is 1. The van der Waals surface area contributed by atoms with E-state index in [1.165, 1.54) is 12.5 Å². The number of amides is 3. The fourth-order valence-corrected chi connectivity index (χ4v) is 4.47. The molecular formula is C24H26IN3O4. The molecule has 2 aromatic carbocycles. The van der Waals surface area contributed by atoms with Crippen molar-refractivity contribution >= 4 is 46.2 Å². The second kappa shape index (κ2) is 9.89. The molecule has 2 aliphatic rings. The van der Waals surface area contributed by atoms with Crippen LogP contribution >= 0.6 is 22.6 Å². The number of carbonyl (C=O) groups is 3. The van der Waals surface area contributed by atoms with Crippen LogP contribution in [0.3, 0.4) is 0 Å². The van der Waals surface area contributed by atoms with Crippen LogP contribution in [0, 0.1) is 3.57 Å². The summed E-state index contributed by atoms with van der Waals surface area (Å²) in [7, 11) is 0. The van der Waals surface area contributed by atoms with Gasteiger partial charge in [-0.3, -0.25) is 14.5 Å². The Morgan fingerprint density at radius 3 is 2.53 bits per heavy atom. The summed E-state index contributed by atoms with van der Waals surface area (Å²) in [6.45, 7) is 3.50. The fraction of sp³-hybridized carbons (Fsp3) is 0.375. The molecule has 0 spiro atoms. The van der Waals surface area contributed by atoms with Gasteiger partial charge in [0.05, 0.1) is 19.5 Å². The number of rotatable bonds is 5. The second-order valence-corrected chi connectivity index (χ2v) is 9.44. The van der Waals surface area contributed by atoms with Crippen LogP contribution in [-0.2, 0) is 33.6 Å². The summed E-state index contributed by atoms with van der Waals surface area (Å²) < 4.78 is 6.53. The number of hydrogen-bond donors (Lipinski definition) is 1. The maximum absolute atomic E-state index is 12.8. The van der Waals surface area contributed by atoms with Gasteiger partial charge in [-0.05, 0) is 76.4 Å². The van der Waals surface area contributed by atoms with Gasteiger partial charge in [0.1, 0.15) is 6.10 Å². The molecule has 2 aliphatic heterocycles. The third kappa shape index (κ3) is 5.40. The van der Waals surface area contributed by atoms with Crippen LogP contribution in [0.15, 0.2) is 42.5 Å². The highest BCUT2D eigenvalue weighted by molar-refractivity contribution is 14.1. The molecule has 8 heteroatoms. The first-order valence-corrected chi connectivity index (χ1v) is 11.8.